The second-order valence-corrected chi connectivity index (χ2v) is 7.68. The van der Waals surface area contributed by atoms with Crippen molar-refractivity contribution in [3.05, 3.63) is 16.3 Å². The van der Waals surface area contributed by atoms with E-state index in [-0.39, 0.29) is 5.91 Å². The summed E-state index contributed by atoms with van der Waals surface area (Å²) >= 11 is 3.27. The van der Waals surface area contributed by atoms with Crippen LogP contribution in [0.3, 0.4) is 0 Å². The van der Waals surface area contributed by atoms with Gasteiger partial charge >= 0.3 is 0 Å². The van der Waals surface area contributed by atoms with Crippen molar-refractivity contribution >= 4 is 39.2 Å². The van der Waals surface area contributed by atoms with Gasteiger partial charge in [0.05, 0.1) is 5.75 Å². The van der Waals surface area contributed by atoms with Crippen molar-refractivity contribution in [2.45, 2.75) is 52.5 Å². The van der Waals surface area contributed by atoms with Crippen LogP contribution in [-0.4, -0.2) is 39.6 Å². The maximum absolute atomic E-state index is 12.3. The summed E-state index contributed by atoms with van der Waals surface area (Å²) in [5.74, 6) is 1.50. The summed E-state index contributed by atoms with van der Waals surface area (Å²) in [7, 11) is 0. The first-order chi connectivity index (χ1) is 11.0. The molecule has 0 radical (unpaired) electrons. The predicted octanol–water partition coefficient (Wildman–Crippen LogP) is 4.22. The van der Waals surface area contributed by atoms with Crippen molar-refractivity contribution in [3.63, 3.8) is 0 Å². The van der Waals surface area contributed by atoms with E-state index in [4.69, 9.17) is 9.97 Å². The quantitative estimate of drug-likeness (QED) is 0.553. The number of hydrogen-bond donors (Lipinski definition) is 0. The molecule has 0 aliphatic carbocycles. The van der Waals surface area contributed by atoms with Crippen LogP contribution in [0.1, 0.15) is 43.5 Å². The number of thiophene rings is 1. The summed E-state index contributed by atoms with van der Waals surface area (Å²) in [6.45, 7) is 11.9. The molecule has 23 heavy (non-hydrogen) atoms. The van der Waals surface area contributed by atoms with Crippen LogP contribution in [0.4, 0.5) is 0 Å². The normalized spacial score (nSPS) is 11.2. The molecular weight excluding hydrogens is 326 g/mol. The van der Waals surface area contributed by atoms with Gasteiger partial charge in [-0.15, -0.1) is 11.3 Å². The number of thioether (sulfide) groups is 1. The van der Waals surface area contributed by atoms with E-state index < -0.39 is 0 Å². The Kier molecular flexibility index (Phi) is 6.41. The van der Waals surface area contributed by atoms with E-state index >= 15 is 0 Å². The highest BCUT2D eigenvalue weighted by Crippen LogP contribution is 2.35. The van der Waals surface area contributed by atoms with E-state index in [0.717, 1.165) is 47.0 Å². The largest absolute Gasteiger partial charge is 0.343 e. The van der Waals surface area contributed by atoms with Gasteiger partial charge in [0.1, 0.15) is 15.7 Å². The summed E-state index contributed by atoms with van der Waals surface area (Å²) in [6.07, 6.45) is 1.90. The van der Waals surface area contributed by atoms with Gasteiger partial charge in [0.15, 0.2) is 0 Å². The minimum absolute atomic E-state index is 0.174. The zero-order chi connectivity index (χ0) is 17.0. The van der Waals surface area contributed by atoms with Crippen molar-refractivity contribution in [2.75, 3.05) is 18.8 Å². The van der Waals surface area contributed by atoms with Gasteiger partial charge in [-0.05, 0) is 39.7 Å². The first kappa shape index (κ1) is 18.2. The zero-order valence-electron chi connectivity index (χ0n) is 14.6. The molecule has 0 saturated carbocycles. The highest BCUT2D eigenvalue weighted by Gasteiger charge is 2.17. The third-order valence-electron chi connectivity index (χ3n) is 3.96. The highest BCUT2D eigenvalue weighted by molar-refractivity contribution is 8.00. The SMILES string of the molecule is CCCc1nc(SCC(=O)N(CC)CC)c2c(C)c(C)sc2n1. The third kappa shape index (κ3) is 4.04. The Balaban J connectivity index is 2.32. The summed E-state index contributed by atoms with van der Waals surface area (Å²) in [5, 5.41) is 2.09. The van der Waals surface area contributed by atoms with Crippen LogP contribution in [-0.2, 0) is 11.2 Å². The number of carbonyl (C=O) groups is 1. The molecule has 6 heteroatoms. The Morgan fingerprint density at radius 3 is 2.48 bits per heavy atom. The highest BCUT2D eigenvalue weighted by atomic mass is 32.2. The standard InChI is InChI=1S/C17H25N3OS2/c1-6-9-13-18-16(22-10-14(21)20(7-2)8-3)15-11(4)12(5)23-17(15)19-13/h6-10H2,1-5H3. The minimum atomic E-state index is 0.174. The fourth-order valence-electron chi connectivity index (χ4n) is 2.49. The Hall–Kier alpha value is -1.14. The second-order valence-electron chi connectivity index (χ2n) is 5.51. The van der Waals surface area contributed by atoms with Crippen molar-refractivity contribution < 1.29 is 4.79 Å². The lowest BCUT2D eigenvalue weighted by Crippen LogP contribution is -2.31. The number of carbonyl (C=O) groups excluding carboxylic acids is 1. The Morgan fingerprint density at radius 1 is 1.17 bits per heavy atom. The van der Waals surface area contributed by atoms with E-state index in [1.807, 2.05) is 18.7 Å². The van der Waals surface area contributed by atoms with E-state index in [0.29, 0.717) is 5.75 Å². The predicted molar refractivity (Wildman–Crippen MR) is 99.5 cm³/mol. The molecule has 0 aromatic carbocycles. The van der Waals surface area contributed by atoms with Crippen molar-refractivity contribution in [3.8, 4) is 0 Å². The van der Waals surface area contributed by atoms with E-state index in [1.165, 1.54) is 10.4 Å². The molecule has 0 aliphatic heterocycles. The van der Waals surface area contributed by atoms with Crippen molar-refractivity contribution in [2.24, 2.45) is 0 Å². The van der Waals surface area contributed by atoms with Crippen LogP contribution >= 0.6 is 23.1 Å². The van der Waals surface area contributed by atoms with Gasteiger partial charge in [-0.25, -0.2) is 9.97 Å². The molecule has 0 fully saturated rings. The molecule has 2 rings (SSSR count). The number of aryl methyl sites for hydroxylation is 3. The maximum Gasteiger partial charge on any atom is 0.232 e. The summed E-state index contributed by atoms with van der Waals surface area (Å²) in [5.41, 5.74) is 1.24. The van der Waals surface area contributed by atoms with Gasteiger partial charge in [-0.1, -0.05) is 18.7 Å². The number of aromatic nitrogens is 2. The molecule has 0 aliphatic rings. The van der Waals surface area contributed by atoms with Gasteiger partial charge in [0, 0.05) is 29.8 Å². The van der Waals surface area contributed by atoms with Crippen LogP contribution in [0, 0.1) is 13.8 Å². The average Bonchev–Trinajstić information content (AvgIpc) is 2.81. The van der Waals surface area contributed by atoms with Gasteiger partial charge in [0.2, 0.25) is 5.91 Å². The molecule has 0 spiro atoms. The fourth-order valence-corrected chi connectivity index (χ4v) is 4.61. The average molecular weight is 352 g/mol. The molecular formula is C17H25N3OS2. The maximum atomic E-state index is 12.3. The molecule has 126 valence electrons. The van der Waals surface area contributed by atoms with Gasteiger partial charge in [-0.2, -0.15) is 0 Å². The lowest BCUT2D eigenvalue weighted by molar-refractivity contribution is -0.127. The number of hydrogen-bond acceptors (Lipinski definition) is 5. The van der Waals surface area contributed by atoms with Crippen LogP contribution in [0.5, 0.6) is 0 Å². The summed E-state index contributed by atoms with van der Waals surface area (Å²) in [4.78, 5) is 25.9. The molecule has 4 nitrogen and oxygen atoms in total. The summed E-state index contributed by atoms with van der Waals surface area (Å²) < 4.78 is 0. The molecule has 2 heterocycles. The minimum Gasteiger partial charge on any atom is -0.343 e. The van der Waals surface area contributed by atoms with Crippen molar-refractivity contribution in [1.82, 2.24) is 14.9 Å². The molecule has 0 unspecified atom stereocenters. The molecule has 2 aromatic heterocycles. The van der Waals surface area contributed by atoms with Gasteiger partial charge in [-0.3, -0.25) is 4.79 Å². The monoisotopic (exact) mass is 351 g/mol. The smallest absolute Gasteiger partial charge is 0.232 e. The summed E-state index contributed by atoms with van der Waals surface area (Å²) in [6, 6.07) is 0. The van der Waals surface area contributed by atoms with Crippen LogP contribution in [0.25, 0.3) is 10.2 Å². The molecule has 0 bridgehead atoms. The van der Waals surface area contributed by atoms with Crippen LogP contribution in [0.15, 0.2) is 5.03 Å². The Morgan fingerprint density at radius 2 is 1.87 bits per heavy atom. The lowest BCUT2D eigenvalue weighted by Gasteiger charge is -2.18. The van der Waals surface area contributed by atoms with Crippen LogP contribution in [0.2, 0.25) is 0 Å². The first-order valence-corrected chi connectivity index (χ1v) is 9.99. The topological polar surface area (TPSA) is 46.1 Å². The first-order valence-electron chi connectivity index (χ1n) is 8.18. The third-order valence-corrected chi connectivity index (χ3v) is 6.03. The number of amides is 1. The van der Waals surface area contributed by atoms with Gasteiger partial charge < -0.3 is 4.90 Å². The van der Waals surface area contributed by atoms with E-state index in [9.17, 15) is 4.79 Å². The molecule has 0 saturated heterocycles. The van der Waals surface area contributed by atoms with Gasteiger partial charge in [0.25, 0.3) is 0 Å². The number of rotatable bonds is 7. The van der Waals surface area contributed by atoms with Crippen LogP contribution < -0.4 is 0 Å². The fraction of sp³-hybridized carbons (Fsp3) is 0.588. The Bertz CT molecular complexity index is 693. The second kappa shape index (κ2) is 8.11. The number of fused-ring (bicyclic) bond motifs is 1. The van der Waals surface area contributed by atoms with E-state index in [1.54, 1.807) is 23.1 Å². The van der Waals surface area contributed by atoms with E-state index in [2.05, 4.69) is 20.8 Å². The number of nitrogens with zero attached hydrogens (tertiary/aromatic N) is 3. The Labute approximate surface area is 146 Å². The molecule has 1 amide bonds. The van der Waals surface area contributed by atoms with Crippen molar-refractivity contribution in [1.29, 1.82) is 0 Å². The lowest BCUT2D eigenvalue weighted by atomic mass is 10.2. The molecule has 0 atom stereocenters. The molecule has 2 aromatic rings. The molecule has 0 N–H and O–H groups in total. The zero-order valence-corrected chi connectivity index (χ0v) is 16.2.